The smallest absolute Gasteiger partial charge is 0.283 e. The quantitative estimate of drug-likeness (QED) is 0.290. The molecule has 5 rings (SSSR count). The third-order valence-electron chi connectivity index (χ3n) is 5.02. The van der Waals surface area contributed by atoms with Crippen LogP contribution in [-0.4, -0.2) is 31.9 Å². The van der Waals surface area contributed by atoms with Crippen LogP contribution in [0, 0.1) is 15.5 Å². The molecule has 168 valence electrons. The molecule has 34 heavy (non-hydrogen) atoms. The monoisotopic (exact) mass is 491 g/mol. The Kier molecular flexibility index (Phi) is 5.60. The second-order valence-electron chi connectivity index (χ2n) is 7.33. The molecule has 1 aromatic heterocycles. The lowest BCUT2D eigenvalue weighted by molar-refractivity contribution is -0.384. The van der Waals surface area contributed by atoms with Gasteiger partial charge < -0.3 is 4.42 Å². The Balaban J connectivity index is 1.38. The van der Waals surface area contributed by atoms with Gasteiger partial charge in [0.05, 0.1) is 10.5 Å². The Hall–Kier alpha value is -4.02. The second kappa shape index (κ2) is 8.73. The summed E-state index contributed by atoms with van der Waals surface area (Å²) >= 11 is 7.17. The largest absolute Gasteiger partial charge is 0.457 e. The number of amidine groups is 2. The summed E-state index contributed by atoms with van der Waals surface area (Å²) in [4.78, 5) is 27.3. The zero-order valence-electron chi connectivity index (χ0n) is 17.3. The SMILES string of the molecule is N=C1C(=Cc2ccc(-c3cccc([N+](=O)[O-])c3)o2)C(=O)N=C2SC(Cc3ccc(Cl)cc3)=NN12. The summed E-state index contributed by atoms with van der Waals surface area (Å²) in [6, 6.07) is 16.7. The molecule has 0 spiro atoms. The van der Waals surface area contributed by atoms with Crippen molar-refractivity contribution in [3.8, 4) is 11.3 Å². The molecule has 3 heterocycles. The summed E-state index contributed by atoms with van der Waals surface area (Å²) in [7, 11) is 0. The predicted molar refractivity (Wildman–Crippen MR) is 131 cm³/mol. The zero-order valence-corrected chi connectivity index (χ0v) is 18.8. The lowest BCUT2D eigenvalue weighted by atomic mass is 10.1. The van der Waals surface area contributed by atoms with Gasteiger partial charge in [-0.2, -0.15) is 15.1 Å². The van der Waals surface area contributed by atoms with Crippen molar-refractivity contribution in [3.63, 3.8) is 0 Å². The van der Waals surface area contributed by atoms with Crippen molar-refractivity contribution in [2.45, 2.75) is 6.42 Å². The molecule has 0 fully saturated rings. The van der Waals surface area contributed by atoms with Crippen LogP contribution in [0.25, 0.3) is 17.4 Å². The van der Waals surface area contributed by atoms with E-state index in [9.17, 15) is 14.9 Å². The van der Waals surface area contributed by atoms with E-state index in [0.717, 1.165) is 5.56 Å². The number of nitrogens with one attached hydrogen (secondary N) is 1. The van der Waals surface area contributed by atoms with Gasteiger partial charge in [-0.3, -0.25) is 20.3 Å². The van der Waals surface area contributed by atoms with Gasteiger partial charge in [-0.25, -0.2) is 0 Å². The Labute approximate surface area is 202 Å². The number of non-ortho nitro benzene ring substituents is 1. The molecule has 2 aromatic carbocycles. The maximum atomic E-state index is 12.6. The Morgan fingerprint density at radius 3 is 2.74 bits per heavy atom. The highest BCUT2D eigenvalue weighted by molar-refractivity contribution is 8.26. The van der Waals surface area contributed by atoms with Crippen molar-refractivity contribution in [2.75, 3.05) is 0 Å². The van der Waals surface area contributed by atoms with Crippen LogP contribution >= 0.6 is 23.4 Å². The van der Waals surface area contributed by atoms with Crippen LogP contribution in [0.3, 0.4) is 0 Å². The lowest BCUT2D eigenvalue weighted by Gasteiger charge is -2.19. The Morgan fingerprint density at radius 1 is 1.18 bits per heavy atom. The standard InChI is InChI=1S/C23H14ClN5O4S/c24-15-6-4-13(5-7-15)10-20-27-28-21(25)18(22(30)26-23(28)34-20)12-17-8-9-19(33-17)14-2-1-3-16(11-14)29(31)32/h1-9,11-12,25H,10H2. The molecule has 1 amide bonds. The summed E-state index contributed by atoms with van der Waals surface area (Å²) in [5.41, 5.74) is 1.49. The summed E-state index contributed by atoms with van der Waals surface area (Å²) < 4.78 is 5.76. The number of aliphatic imine (C=N–C) groups is 1. The number of nitro benzene ring substituents is 1. The molecule has 0 unspecified atom stereocenters. The van der Waals surface area contributed by atoms with Gasteiger partial charge in [0.2, 0.25) is 5.17 Å². The average Bonchev–Trinajstić information content (AvgIpc) is 3.45. The van der Waals surface area contributed by atoms with Crippen molar-refractivity contribution in [1.82, 2.24) is 5.01 Å². The number of furan rings is 1. The second-order valence-corrected chi connectivity index (χ2v) is 8.80. The maximum Gasteiger partial charge on any atom is 0.283 e. The van der Waals surface area contributed by atoms with E-state index in [1.54, 1.807) is 36.4 Å². The molecule has 2 aliphatic heterocycles. The molecule has 1 N–H and O–H groups in total. The highest BCUT2D eigenvalue weighted by atomic mass is 35.5. The van der Waals surface area contributed by atoms with Gasteiger partial charge in [0.15, 0.2) is 5.84 Å². The first-order chi connectivity index (χ1) is 16.4. The van der Waals surface area contributed by atoms with Crippen LogP contribution in [0.15, 0.2) is 80.7 Å². The minimum Gasteiger partial charge on any atom is -0.457 e. The van der Waals surface area contributed by atoms with Gasteiger partial charge in [0.25, 0.3) is 11.6 Å². The molecular formula is C23H14ClN5O4S. The number of benzene rings is 2. The van der Waals surface area contributed by atoms with E-state index in [1.807, 2.05) is 12.1 Å². The van der Waals surface area contributed by atoms with Crippen LogP contribution in [0.4, 0.5) is 5.69 Å². The van der Waals surface area contributed by atoms with Crippen molar-refractivity contribution in [1.29, 1.82) is 5.41 Å². The highest BCUT2D eigenvalue weighted by Gasteiger charge is 2.35. The highest BCUT2D eigenvalue weighted by Crippen LogP contribution is 2.31. The van der Waals surface area contributed by atoms with Crippen LogP contribution in [0.2, 0.25) is 5.02 Å². The van der Waals surface area contributed by atoms with E-state index in [4.69, 9.17) is 21.4 Å². The fourth-order valence-electron chi connectivity index (χ4n) is 3.38. The van der Waals surface area contributed by atoms with Crippen molar-refractivity contribution < 1.29 is 14.1 Å². The van der Waals surface area contributed by atoms with Crippen molar-refractivity contribution in [2.24, 2.45) is 10.1 Å². The number of halogens is 1. The third kappa shape index (κ3) is 4.28. The van der Waals surface area contributed by atoms with Gasteiger partial charge in [0.1, 0.15) is 16.6 Å². The van der Waals surface area contributed by atoms with E-state index < -0.39 is 10.8 Å². The molecule has 0 aliphatic carbocycles. The van der Waals surface area contributed by atoms with Gasteiger partial charge in [0, 0.05) is 29.1 Å². The normalized spacial score (nSPS) is 16.5. The molecule has 0 saturated heterocycles. The summed E-state index contributed by atoms with van der Waals surface area (Å²) in [5, 5.41) is 27.0. The summed E-state index contributed by atoms with van der Waals surface area (Å²) in [6.45, 7) is 0. The molecular weight excluding hydrogens is 478 g/mol. The number of thioether (sulfide) groups is 1. The molecule has 0 atom stereocenters. The van der Waals surface area contributed by atoms with E-state index in [1.165, 1.54) is 35.0 Å². The van der Waals surface area contributed by atoms with Gasteiger partial charge in [-0.1, -0.05) is 35.9 Å². The Bertz CT molecular complexity index is 1440. The number of carbonyl (C=O) groups excluding carboxylic acids is 1. The number of nitrogens with zero attached hydrogens (tertiary/aromatic N) is 4. The van der Waals surface area contributed by atoms with Gasteiger partial charge >= 0.3 is 0 Å². The summed E-state index contributed by atoms with van der Waals surface area (Å²) in [6.07, 6.45) is 1.94. The molecule has 9 nitrogen and oxygen atoms in total. The minimum atomic E-state index is -0.569. The van der Waals surface area contributed by atoms with E-state index >= 15 is 0 Å². The maximum absolute atomic E-state index is 12.6. The molecule has 0 radical (unpaired) electrons. The van der Waals surface area contributed by atoms with Gasteiger partial charge in [-0.05, 0) is 47.7 Å². The van der Waals surface area contributed by atoms with Crippen LogP contribution < -0.4 is 0 Å². The number of amides is 1. The zero-order chi connectivity index (χ0) is 23.8. The molecule has 0 saturated carbocycles. The number of fused-ring (bicyclic) bond motifs is 1. The number of rotatable bonds is 5. The number of carbonyl (C=O) groups is 1. The number of hydrogen-bond acceptors (Lipinski definition) is 7. The number of nitro groups is 1. The van der Waals surface area contributed by atoms with Crippen LogP contribution in [0.1, 0.15) is 11.3 Å². The summed E-state index contributed by atoms with van der Waals surface area (Å²) in [5.74, 6) is 0.0295. The first kappa shape index (κ1) is 21.8. The Morgan fingerprint density at radius 2 is 1.97 bits per heavy atom. The molecule has 2 aliphatic rings. The minimum absolute atomic E-state index is 0.0285. The average molecular weight is 492 g/mol. The van der Waals surface area contributed by atoms with Gasteiger partial charge in [-0.15, -0.1) is 0 Å². The fraction of sp³-hybridized carbons (Fsp3) is 0.0435. The first-order valence-corrected chi connectivity index (χ1v) is 11.1. The van der Waals surface area contributed by atoms with E-state index in [2.05, 4.69) is 10.1 Å². The van der Waals surface area contributed by atoms with Crippen molar-refractivity contribution in [3.05, 3.63) is 92.7 Å². The molecule has 0 bridgehead atoms. The van der Waals surface area contributed by atoms with Crippen LogP contribution in [-0.2, 0) is 11.2 Å². The van der Waals surface area contributed by atoms with E-state index in [-0.39, 0.29) is 17.1 Å². The molecule has 3 aromatic rings. The lowest BCUT2D eigenvalue weighted by Crippen LogP contribution is -2.35. The first-order valence-electron chi connectivity index (χ1n) is 9.95. The number of hydrazone groups is 1. The third-order valence-corrected chi connectivity index (χ3v) is 6.18. The van der Waals surface area contributed by atoms with E-state index in [0.29, 0.717) is 38.7 Å². The van der Waals surface area contributed by atoms with Crippen molar-refractivity contribution >= 4 is 57.1 Å². The molecule has 11 heteroatoms. The predicted octanol–water partition coefficient (Wildman–Crippen LogP) is 5.37. The van der Waals surface area contributed by atoms with Crippen LogP contribution in [0.5, 0.6) is 0 Å². The topological polar surface area (TPSA) is 125 Å². The number of hydrogen-bond donors (Lipinski definition) is 1. The fourth-order valence-corrected chi connectivity index (χ4v) is 4.43.